The van der Waals surface area contributed by atoms with Crippen LogP contribution in [0.5, 0.6) is 0 Å². The smallest absolute Gasteiger partial charge is 0.240 e. The van der Waals surface area contributed by atoms with E-state index in [0.29, 0.717) is 11.6 Å². The Morgan fingerprint density at radius 3 is 2.48 bits per heavy atom. The van der Waals surface area contributed by atoms with Crippen molar-refractivity contribution < 1.29 is 8.42 Å². The number of nitrogens with zero attached hydrogens (tertiary/aromatic N) is 3. The first-order valence-corrected chi connectivity index (χ1v) is 10.8. The van der Waals surface area contributed by atoms with E-state index in [0.717, 1.165) is 35.2 Å². The average molecular weight is 472 g/mol. The fraction of sp³-hybridized carbons (Fsp3) is 0.412. The molecule has 1 saturated heterocycles. The second kappa shape index (κ2) is 7.96. The minimum Gasteiger partial charge on any atom is -0.341 e. The Bertz CT molecular complexity index is 834. The molecule has 0 saturated carbocycles. The highest BCUT2D eigenvalue weighted by molar-refractivity contribution is 14.1. The monoisotopic (exact) mass is 472 g/mol. The molecule has 1 N–H and O–H groups in total. The van der Waals surface area contributed by atoms with Gasteiger partial charge in [0.1, 0.15) is 0 Å². The van der Waals surface area contributed by atoms with E-state index in [2.05, 4.69) is 42.2 Å². The molecule has 6 nitrogen and oxygen atoms in total. The van der Waals surface area contributed by atoms with E-state index in [1.807, 2.05) is 13.0 Å². The van der Waals surface area contributed by atoms with Gasteiger partial charge in [0.25, 0.3) is 0 Å². The molecular weight excluding hydrogens is 451 g/mol. The van der Waals surface area contributed by atoms with Crippen molar-refractivity contribution in [2.75, 3.05) is 18.0 Å². The third-order valence-corrected chi connectivity index (χ3v) is 6.24. The van der Waals surface area contributed by atoms with Crippen molar-refractivity contribution in [2.45, 2.75) is 37.6 Å². The van der Waals surface area contributed by atoms with Crippen LogP contribution in [0.3, 0.4) is 0 Å². The van der Waals surface area contributed by atoms with E-state index in [1.54, 1.807) is 24.3 Å². The van der Waals surface area contributed by atoms with E-state index in [9.17, 15) is 8.42 Å². The zero-order valence-electron chi connectivity index (χ0n) is 14.1. The van der Waals surface area contributed by atoms with E-state index in [-0.39, 0.29) is 11.4 Å². The first-order valence-electron chi connectivity index (χ1n) is 8.29. The minimum absolute atomic E-state index is 0.151. The van der Waals surface area contributed by atoms with Crippen molar-refractivity contribution in [2.24, 2.45) is 0 Å². The quantitative estimate of drug-likeness (QED) is 0.678. The SMILES string of the molecule is Cc1cc(CNS(=O)(=O)c2ccc(I)cc2)nc(N2CCCCC2)n1. The molecule has 0 unspecified atom stereocenters. The van der Waals surface area contributed by atoms with Crippen LogP contribution in [0.25, 0.3) is 0 Å². The third-order valence-electron chi connectivity index (χ3n) is 4.10. The molecule has 0 spiro atoms. The second-order valence-electron chi connectivity index (χ2n) is 6.13. The lowest BCUT2D eigenvalue weighted by molar-refractivity contribution is 0.565. The highest BCUT2D eigenvalue weighted by Gasteiger charge is 2.17. The lowest BCUT2D eigenvalue weighted by Crippen LogP contribution is -2.32. The van der Waals surface area contributed by atoms with Crippen molar-refractivity contribution in [3.63, 3.8) is 0 Å². The number of halogens is 1. The van der Waals surface area contributed by atoms with Gasteiger partial charge in [-0.15, -0.1) is 0 Å². The zero-order valence-corrected chi connectivity index (χ0v) is 17.0. The summed E-state index contributed by atoms with van der Waals surface area (Å²) in [6.07, 6.45) is 3.53. The molecule has 0 atom stereocenters. The summed E-state index contributed by atoms with van der Waals surface area (Å²) >= 11 is 2.15. The molecule has 2 aromatic rings. The zero-order chi connectivity index (χ0) is 17.9. The Labute approximate surface area is 162 Å². The first-order chi connectivity index (χ1) is 11.9. The molecule has 0 amide bonds. The summed E-state index contributed by atoms with van der Waals surface area (Å²) in [6, 6.07) is 8.59. The van der Waals surface area contributed by atoms with Crippen LogP contribution in [0.4, 0.5) is 5.95 Å². The minimum atomic E-state index is -3.55. The first kappa shape index (κ1) is 18.5. The number of aryl methyl sites for hydroxylation is 1. The number of aromatic nitrogens is 2. The van der Waals surface area contributed by atoms with Gasteiger partial charge in [0.2, 0.25) is 16.0 Å². The van der Waals surface area contributed by atoms with Crippen LogP contribution in [0.15, 0.2) is 35.2 Å². The Morgan fingerprint density at radius 1 is 1.12 bits per heavy atom. The Morgan fingerprint density at radius 2 is 1.80 bits per heavy atom. The van der Waals surface area contributed by atoms with Gasteiger partial charge in [0, 0.05) is 22.4 Å². The summed E-state index contributed by atoms with van der Waals surface area (Å²) in [6.45, 7) is 3.97. The maximum atomic E-state index is 12.4. The Kier molecular flexibility index (Phi) is 5.90. The Balaban J connectivity index is 1.74. The van der Waals surface area contributed by atoms with Gasteiger partial charge < -0.3 is 4.90 Å². The molecule has 3 rings (SSSR count). The fourth-order valence-corrected chi connectivity index (χ4v) is 4.17. The molecule has 25 heavy (non-hydrogen) atoms. The molecule has 0 aliphatic carbocycles. The summed E-state index contributed by atoms with van der Waals surface area (Å²) in [5.41, 5.74) is 1.53. The molecule has 8 heteroatoms. The second-order valence-corrected chi connectivity index (χ2v) is 9.14. The van der Waals surface area contributed by atoms with Crippen molar-refractivity contribution in [1.82, 2.24) is 14.7 Å². The van der Waals surface area contributed by atoms with Crippen molar-refractivity contribution in [3.8, 4) is 0 Å². The van der Waals surface area contributed by atoms with Crippen molar-refractivity contribution >= 4 is 38.6 Å². The Hall–Kier alpha value is -1.26. The predicted octanol–water partition coefficient (Wildman–Crippen LogP) is 2.86. The predicted molar refractivity (Wildman–Crippen MR) is 106 cm³/mol. The fourth-order valence-electron chi connectivity index (χ4n) is 2.81. The van der Waals surface area contributed by atoms with Gasteiger partial charge in [-0.2, -0.15) is 0 Å². The summed E-state index contributed by atoms with van der Waals surface area (Å²) in [5.74, 6) is 0.697. The average Bonchev–Trinajstić information content (AvgIpc) is 2.61. The van der Waals surface area contributed by atoms with Gasteiger partial charge in [-0.3, -0.25) is 0 Å². The van der Waals surface area contributed by atoms with Crippen LogP contribution in [0, 0.1) is 10.5 Å². The lowest BCUT2D eigenvalue weighted by Gasteiger charge is -2.27. The van der Waals surface area contributed by atoms with Gasteiger partial charge in [-0.05, 0) is 79.1 Å². The molecule has 1 fully saturated rings. The molecule has 0 bridgehead atoms. The summed E-state index contributed by atoms with van der Waals surface area (Å²) < 4.78 is 28.5. The van der Waals surface area contributed by atoms with E-state index >= 15 is 0 Å². The highest BCUT2D eigenvalue weighted by Crippen LogP contribution is 2.17. The topological polar surface area (TPSA) is 75.2 Å². The number of piperidine rings is 1. The number of anilines is 1. The van der Waals surface area contributed by atoms with Crippen LogP contribution in [0.2, 0.25) is 0 Å². The highest BCUT2D eigenvalue weighted by atomic mass is 127. The molecule has 1 aromatic carbocycles. The van der Waals surface area contributed by atoms with E-state index in [4.69, 9.17) is 0 Å². The standard InChI is InChI=1S/C17H21IN4O2S/c1-13-11-15(21-17(20-13)22-9-3-2-4-10-22)12-19-25(23,24)16-7-5-14(18)6-8-16/h5-8,11,19H,2-4,9-10,12H2,1H3. The van der Waals surface area contributed by atoms with Gasteiger partial charge in [-0.1, -0.05) is 0 Å². The molecule has 0 radical (unpaired) electrons. The third kappa shape index (κ3) is 4.89. The van der Waals surface area contributed by atoms with Gasteiger partial charge in [-0.25, -0.2) is 23.1 Å². The summed E-state index contributed by atoms with van der Waals surface area (Å²) in [5, 5.41) is 0. The number of sulfonamides is 1. The normalized spacial score (nSPS) is 15.4. The van der Waals surface area contributed by atoms with Gasteiger partial charge >= 0.3 is 0 Å². The van der Waals surface area contributed by atoms with Crippen molar-refractivity contribution in [3.05, 3.63) is 45.3 Å². The van der Waals surface area contributed by atoms with Crippen LogP contribution < -0.4 is 9.62 Å². The lowest BCUT2D eigenvalue weighted by atomic mass is 10.1. The van der Waals surface area contributed by atoms with Crippen LogP contribution >= 0.6 is 22.6 Å². The number of benzene rings is 1. The van der Waals surface area contributed by atoms with E-state index in [1.165, 1.54) is 6.42 Å². The summed E-state index contributed by atoms with van der Waals surface area (Å²) in [4.78, 5) is 11.5. The van der Waals surface area contributed by atoms with Gasteiger partial charge in [0.05, 0.1) is 17.1 Å². The maximum Gasteiger partial charge on any atom is 0.240 e. The number of hydrogen-bond acceptors (Lipinski definition) is 5. The number of nitrogens with one attached hydrogen (secondary N) is 1. The van der Waals surface area contributed by atoms with E-state index < -0.39 is 10.0 Å². The molecule has 1 aliphatic heterocycles. The van der Waals surface area contributed by atoms with Crippen LogP contribution in [-0.4, -0.2) is 31.5 Å². The molecule has 134 valence electrons. The molecule has 2 heterocycles. The number of hydrogen-bond donors (Lipinski definition) is 1. The maximum absolute atomic E-state index is 12.4. The summed E-state index contributed by atoms with van der Waals surface area (Å²) in [7, 11) is -3.55. The van der Waals surface area contributed by atoms with Crippen molar-refractivity contribution in [1.29, 1.82) is 0 Å². The largest absolute Gasteiger partial charge is 0.341 e. The molecule has 1 aliphatic rings. The number of rotatable bonds is 5. The van der Waals surface area contributed by atoms with Gasteiger partial charge in [0.15, 0.2) is 0 Å². The molecular formula is C17H21IN4O2S. The van der Waals surface area contributed by atoms with Crippen LogP contribution in [0.1, 0.15) is 30.7 Å². The molecule has 1 aromatic heterocycles. The van der Waals surface area contributed by atoms with Crippen LogP contribution in [-0.2, 0) is 16.6 Å².